The Labute approximate surface area is 136 Å². The van der Waals surface area contributed by atoms with Crippen LogP contribution in [0, 0.1) is 0 Å². The van der Waals surface area contributed by atoms with Crippen LogP contribution in [0.3, 0.4) is 0 Å². The van der Waals surface area contributed by atoms with Gasteiger partial charge in [0.15, 0.2) is 0 Å². The van der Waals surface area contributed by atoms with E-state index < -0.39 is 0 Å². The van der Waals surface area contributed by atoms with Crippen molar-refractivity contribution >= 4 is 11.6 Å². The number of amides is 1. The average Bonchev–Trinajstić information content (AvgIpc) is 3.13. The van der Waals surface area contributed by atoms with Crippen molar-refractivity contribution in [2.75, 3.05) is 51.4 Å². The van der Waals surface area contributed by atoms with Crippen LogP contribution in [0.5, 0.6) is 5.75 Å². The summed E-state index contributed by atoms with van der Waals surface area (Å²) in [6.07, 6.45) is 2.32. The number of rotatable bonds is 6. The minimum Gasteiger partial charge on any atom is -0.489 e. The fraction of sp³-hybridized carbons (Fsp3) is 0.588. The largest absolute Gasteiger partial charge is 0.489 e. The topological polar surface area (TPSA) is 60.0 Å². The average molecular weight is 320 g/mol. The molecule has 2 heterocycles. The van der Waals surface area contributed by atoms with Crippen LogP contribution in [0.4, 0.5) is 5.69 Å². The van der Waals surface area contributed by atoms with Gasteiger partial charge >= 0.3 is 0 Å². The van der Waals surface area contributed by atoms with E-state index in [1.165, 1.54) is 0 Å². The van der Waals surface area contributed by atoms with Crippen LogP contribution < -0.4 is 10.1 Å². The maximum atomic E-state index is 12.2. The maximum absolute atomic E-state index is 12.2. The summed E-state index contributed by atoms with van der Waals surface area (Å²) in [4.78, 5) is 14.0. The highest BCUT2D eigenvalue weighted by atomic mass is 16.5. The monoisotopic (exact) mass is 320 g/mol. The molecule has 126 valence electrons. The van der Waals surface area contributed by atoms with Gasteiger partial charge in [0.05, 0.1) is 31.5 Å². The van der Waals surface area contributed by atoms with Gasteiger partial charge in [0.25, 0.3) is 0 Å². The maximum Gasteiger partial charge on any atom is 0.242 e. The number of carbonyl (C=O) groups excluding carboxylic acids is 1. The Hall–Kier alpha value is -1.79. The van der Waals surface area contributed by atoms with Crippen LogP contribution in [-0.2, 0) is 14.3 Å². The van der Waals surface area contributed by atoms with Gasteiger partial charge in [0.2, 0.25) is 5.91 Å². The quantitative estimate of drug-likeness (QED) is 0.861. The predicted molar refractivity (Wildman–Crippen MR) is 86.8 cm³/mol. The standard InChI is InChI=1S/C17H24N2O4/c20-17(19-7-10-21-11-8-19)12-18-15-5-1-2-6-16(15)23-13-14-4-3-9-22-14/h1-2,5-6,14,18H,3-4,7-13H2. The van der Waals surface area contributed by atoms with Crippen molar-refractivity contribution in [1.29, 1.82) is 0 Å². The van der Waals surface area contributed by atoms with E-state index in [2.05, 4.69) is 5.32 Å². The minimum absolute atomic E-state index is 0.0854. The molecule has 2 aliphatic heterocycles. The van der Waals surface area contributed by atoms with Crippen molar-refractivity contribution < 1.29 is 19.0 Å². The van der Waals surface area contributed by atoms with E-state index >= 15 is 0 Å². The first-order valence-electron chi connectivity index (χ1n) is 8.26. The van der Waals surface area contributed by atoms with Crippen LogP contribution in [0.15, 0.2) is 24.3 Å². The smallest absolute Gasteiger partial charge is 0.242 e. The number of carbonyl (C=O) groups is 1. The molecule has 2 fully saturated rings. The SMILES string of the molecule is O=C(CNc1ccccc1OCC1CCCO1)N1CCOCC1. The third kappa shape index (κ3) is 4.59. The highest BCUT2D eigenvalue weighted by Crippen LogP contribution is 2.25. The van der Waals surface area contributed by atoms with E-state index in [4.69, 9.17) is 14.2 Å². The molecular formula is C17H24N2O4. The fourth-order valence-corrected chi connectivity index (χ4v) is 2.79. The summed E-state index contributed by atoms with van der Waals surface area (Å²) < 4.78 is 16.7. The van der Waals surface area contributed by atoms with Crippen molar-refractivity contribution in [2.45, 2.75) is 18.9 Å². The second kappa shape index (κ2) is 8.17. The predicted octanol–water partition coefficient (Wildman–Crippen LogP) is 1.52. The molecule has 0 aliphatic carbocycles. The molecule has 2 saturated heterocycles. The van der Waals surface area contributed by atoms with Gasteiger partial charge in [0.1, 0.15) is 12.4 Å². The number of ether oxygens (including phenoxy) is 3. The van der Waals surface area contributed by atoms with Gasteiger partial charge in [-0.25, -0.2) is 0 Å². The molecule has 1 aromatic carbocycles. The first kappa shape index (κ1) is 16.1. The molecule has 1 atom stereocenters. The van der Waals surface area contributed by atoms with Crippen molar-refractivity contribution in [3.05, 3.63) is 24.3 Å². The molecule has 2 aliphatic rings. The Morgan fingerprint density at radius 2 is 2.09 bits per heavy atom. The van der Waals surface area contributed by atoms with Gasteiger partial charge in [-0.05, 0) is 25.0 Å². The molecule has 3 rings (SSSR count). The Bertz CT molecular complexity index is 511. The Balaban J connectivity index is 1.51. The van der Waals surface area contributed by atoms with E-state index in [9.17, 15) is 4.79 Å². The van der Waals surface area contributed by atoms with E-state index in [0.29, 0.717) is 32.9 Å². The second-order valence-electron chi connectivity index (χ2n) is 5.79. The lowest BCUT2D eigenvalue weighted by Crippen LogP contribution is -2.43. The molecule has 0 saturated carbocycles. The first-order valence-corrected chi connectivity index (χ1v) is 8.26. The van der Waals surface area contributed by atoms with E-state index in [1.807, 2.05) is 29.2 Å². The van der Waals surface area contributed by atoms with Gasteiger partial charge in [-0.2, -0.15) is 0 Å². The lowest BCUT2D eigenvalue weighted by atomic mass is 10.2. The molecular weight excluding hydrogens is 296 g/mol. The van der Waals surface area contributed by atoms with Gasteiger partial charge in [-0.3, -0.25) is 4.79 Å². The van der Waals surface area contributed by atoms with Crippen molar-refractivity contribution in [1.82, 2.24) is 4.90 Å². The summed E-state index contributed by atoms with van der Waals surface area (Å²) in [6, 6.07) is 7.70. The third-order valence-electron chi connectivity index (χ3n) is 4.13. The number of nitrogens with zero attached hydrogens (tertiary/aromatic N) is 1. The van der Waals surface area contributed by atoms with Crippen molar-refractivity contribution in [2.24, 2.45) is 0 Å². The molecule has 0 bridgehead atoms. The Kier molecular flexibility index (Phi) is 5.71. The molecule has 0 spiro atoms. The molecule has 1 aromatic rings. The summed E-state index contributed by atoms with van der Waals surface area (Å²) in [5.74, 6) is 0.847. The lowest BCUT2D eigenvalue weighted by molar-refractivity contribution is -0.133. The number of morpholine rings is 1. The van der Waals surface area contributed by atoms with Gasteiger partial charge in [0, 0.05) is 19.7 Å². The van der Waals surface area contributed by atoms with Crippen LogP contribution in [0.2, 0.25) is 0 Å². The van der Waals surface area contributed by atoms with E-state index in [0.717, 1.165) is 30.9 Å². The Morgan fingerprint density at radius 1 is 1.26 bits per heavy atom. The number of para-hydroxylation sites is 2. The van der Waals surface area contributed by atoms with Crippen LogP contribution >= 0.6 is 0 Å². The normalized spacial score (nSPS) is 21.2. The molecule has 23 heavy (non-hydrogen) atoms. The molecule has 0 aromatic heterocycles. The summed E-state index contributed by atoms with van der Waals surface area (Å²) in [6.45, 7) is 4.20. The van der Waals surface area contributed by atoms with Crippen molar-refractivity contribution in [3.8, 4) is 5.75 Å². The molecule has 6 heteroatoms. The number of hydrogen-bond donors (Lipinski definition) is 1. The van der Waals surface area contributed by atoms with Crippen molar-refractivity contribution in [3.63, 3.8) is 0 Å². The second-order valence-corrected chi connectivity index (χ2v) is 5.79. The van der Waals surface area contributed by atoms with Crippen LogP contribution in [0.1, 0.15) is 12.8 Å². The third-order valence-corrected chi connectivity index (χ3v) is 4.13. The molecule has 1 amide bonds. The summed E-state index contributed by atoms with van der Waals surface area (Å²) >= 11 is 0. The zero-order valence-corrected chi connectivity index (χ0v) is 13.3. The highest BCUT2D eigenvalue weighted by molar-refractivity contribution is 5.81. The molecule has 1 N–H and O–H groups in total. The number of nitrogens with one attached hydrogen (secondary N) is 1. The summed E-state index contributed by atoms with van der Waals surface area (Å²) in [5.41, 5.74) is 0.840. The Morgan fingerprint density at radius 3 is 2.87 bits per heavy atom. The number of anilines is 1. The van der Waals surface area contributed by atoms with Crippen LogP contribution in [-0.4, -0.2) is 63.0 Å². The van der Waals surface area contributed by atoms with Gasteiger partial charge < -0.3 is 24.4 Å². The fourth-order valence-electron chi connectivity index (χ4n) is 2.79. The minimum atomic E-state index is 0.0854. The lowest BCUT2D eigenvalue weighted by Gasteiger charge is -2.27. The highest BCUT2D eigenvalue weighted by Gasteiger charge is 2.18. The van der Waals surface area contributed by atoms with Crippen LogP contribution in [0.25, 0.3) is 0 Å². The van der Waals surface area contributed by atoms with E-state index in [1.54, 1.807) is 0 Å². The number of benzene rings is 1. The molecule has 0 radical (unpaired) electrons. The first-order chi connectivity index (χ1) is 11.3. The van der Waals surface area contributed by atoms with E-state index in [-0.39, 0.29) is 18.6 Å². The molecule has 1 unspecified atom stereocenters. The van der Waals surface area contributed by atoms with Gasteiger partial charge in [-0.1, -0.05) is 12.1 Å². The van der Waals surface area contributed by atoms with Gasteiger partial charge in [-0.15, -0.1) is 0 Å². The number of hydrogen-bond acceptors (Lipinski definition) is 5. The summed E-state index contributed by atoms with van der Waals surface area (Å²) in [5, 5.41) is 3.19. The molecule has 6 nitrogen and oxygen atoms in total. The zero-order valence-electron chi connectivity index (χ0n) is 13.3. The zero-order chi connectivity index (χ0) is 15.9. The summed E-state index contributed by atoms with van der Waals surface area (Å²) in [7, 11) is 0.